The van der Waals surface area contributed by atoms with Crippen LogP contribution in [0.1, 0.15) is 24.1 Å². The average molecular weight is 259 g/mol. The van der Waals surface area contributed by atoms with E-state index in [9.17, 15) is 9.18 Å². The van der Waals surface area contributed by atoms with Crippen LogP contribution in [-0.4, -0.2) is 17.9 Å². The predicted octanol–water partition coefficient (Wildman–Crippen LogP) is 2.95. The summed E-state index contributed by atoms with van der Waals surface area (Å²) in [5.41, 5.74) is 1.31. The third-order valence-corrected chi connectivity index (χ3v) is 2.86. The fraction of sp³-hybridized carbons (Fsp3) is 0.200. The van der Waals surface area contributed by atoms with Crippen molar-refractivity contribution in [2.24, 2.45) is 0 Å². The molecular weight excluding hydrogens is 245 g/mol. The molecule has 0 fully saturated rings. The Balaban J connectivity index is 2.45. The Morgan fingerprint density at radius 2 is 1.89 bits per heavy atom. The van der Waals surface area contributed by atoms with Crippen LogP contribution in [0.25, 0.3) is 0 Å². The number of hydrogen-bond donors (Lipinski definition) is 0. The first kappa shape index (κ1) is 13.2. The standard InChI is InChI=1S/C15H14FNO2/c1-10(18)15(11-6-8-12(16)9-7-11)13-4-3-5-14(17-13)19-2/h3-9,15H,1-2H3. The maximum absolute atomic E-state index is 13.0. The highest BCUT2D eigenvalue weighted by molar-refractivity contribution is 5.86. The summed E-state index contributed by atoms with van der Waals surface area (Å²) < 4.78 is 18.0. The van der Waals surface area contributed by atoms with Crippen molar-refractivity contribution >= 4 is 5.78 Å². The quantitative estimate of drug-likeness (QED) is 0.847. The van der Waals surface area contributed by atoms with Crippen LogP contribution in [0.4, 0.5) is 4.39 Å². The van der Waals surface area contributed by atoms with Crippen molar-refractivity contribution in [3.05, 3.63) is 59.5 Å². The highest BCUT2D eigenvalue weighted by Crippen LogP contribution is 2.25. The zero-order chi connectivity index (χ0) is 13.8. The first-order chi connectivity index (χ1) is 9.11. The maximum Gasteiger partial charge on any atom is 0.213 e. The van der Waals surface area contributed by atoms with Crippen LogP contribution < -0.4 is 4.74 Å². The minimum atomic E-state index is -0.504. The van der Waals surface area contributed by atoms with Crippen molar-refractivity contribution in [1.29, 1.82) is 0 Å². The smallest absolute Gasteiger partial charge is 0.213 e. The van der Waals surface area contributed by atoms with E-state index in [0.29, 0.717) is 11.6 Å². The van der Waals surface area contributed by atoms with E-state index in [1.165, 1.54) is 26.2 Å². The number of Topliss-reactive ketones (excluding diaryl/α,β-unsaturated/α-hetero) is 1. The van der Waals surface area contributed by atoms with Gasteiger partial charge in [0.2, 0.25) is 5.88 Å². The van der Waals surface area contributed by atoms with Crippen LogP contribution in [0.3, 0.4) is 0 Å². The molecule has 1 unspecified atom stereocenters. The number of nitrogens with zero attached hydrogens (tertiary/aromatic N) is 1. The normalized spacial score (nSPS) is 11.9. The number of hydrogen-bond acceptors (Lipinski definition) is 3. The highest BCUT2D eigenvalue weighted by Gasteiger charge is 2.21. The molecule has 2 rings (SSSR count). The number of pyridine rings is 1. The Morgan fingerprint density at radius 1 is 1.21 bits per heavy atom. The number of benzene rings is 1. The van der Waals surface area contributed by atoms with Gasteiger partial charge in [-0.25, -0.2) is 9.37 Å². The summed E-state index contributed by atoms with van der Waals surface area (Å²) in [5, 5.41) is 0. The average Bonchev–Trinajstić information content (AvgIpc) is 2.41. The Bertz CT molecular complexity index is 581. The van der Waals surface area contributed by atoms with Crippen LogP contribution in [0.15, 0.2) is 42.5 Å². The number of aromatic nitrogens is 1. The lowest BCUT2D eigenvalue weighted by Crippen LogP contribution is -2.12. The van der Waals surface area contributed by atoms with Gasteiger partial charge in [-0.15, -0.1) is 0 Å². The molecule has 0 N–H and O–H groups in total. The zero-order valence-electron chi connectivity index (χ0n) is 10.8. The van der Waals surface area contributed by atoms with E-state index in [-0.39, 0.29) is 11.6 Å². The second-order valence-corrected chi connectivity index (χ2v) is 4.20. The van der Waals surface area contributed by atoms with Crippen LogP contribution in [0.5, 0.6) is 5.88 Å². The molecule has 0 spiro atoms. The number of ketones is 1. The summed E-state index contributed by atoms with van der Waals surface area (Å²) in [7, 11) is 1.52. The lowest BCUT2D eigenvalue weighted by atomic mass is 9.92. The van der Waals surface area contributed by atoms with Gasteiger partial charge in [-0.05, 0) is 30.7 Å². The van der Waals surface area contributed by atoms with E-state index in [1.54, 1.807) is 30.3 Å². The lowest BCUT2D eigenvalue weighted by molar-refractivity contribution is -0.117. The highest BCUT2D eigenvalue weighted by atomic mass is 19.1. The summed E-state index contributed by atoms with van der Waals surface area (Å²) in [6, 6.07) is 11.1. The minimum Gasteiger partial charge on any atom is -0.481 e. The molecule has 0 bridgehead atoms. The van der Waals surface area contributed by atoms with Gasteiger partial charge >= 0.3 is 0 Å². The minimum absolute atomic E-state index is 0.0487. The van der Waals surface area contributed by atoms with Gasteiger partial charge < -0.3 is 4.74 Å². The van der Waals surface area contributed by atoms with E-state index in [1.807, 2.05) is 0 Å². The van der Waals surface area contributed by atoms with Crippen LogP contribution in [-0.2, 0) is 4.79 Å². The molecule has 0 amide bonds. The Morgan fingerprint density at radius 3 is 2.47 bits per heavy atom. The molecule has 19 heavy (non-hydrogen) atoms. The van der Waals surface area contributed by atoms with Crippen molar-refractivity contribution in [1.82, 2.24) is 4.98 Å². The van der Waals surface area contributed by atoms with E-state index >= 15 is 0 Å². The van der Waals surface area contributed by atoms with Gasteiger partial charge in [0.25, 0.3) is 0 Å². The number of carbonyl (C=O) groups excluding carboxylic acids is 1. The first-order valence-electron chi connectivity index (χ1n) is 5.88. The number of halogens is 1. The van der Waals surface area contributed by atoms with E-state index in [0.717, 1.165) is 5.56 Å². The van der Waals surface area contributed by atoms with Crippen molar-refractivity contribution in [2.75, 3.05) is 7.11 Å². The van der Waals surface area contributed by atoms with Crippen LogP contribution in [0, 0.1) is 5.82 Å². The van der Waals surface area contributed by atoms with Crippen molar-refractivity contribution in [3.8, 4) is 5.88 Å². The number of methoxy groups -OCH3 is 1. The SMILES string of the molecule is COc1cccc(C(C(C)=O)c2ccc(F)cc2)n1. The second-order valence-electron chi connectivity index (χ2n) is 4.20. The summed E-state index contributed by atoms with van der Waals surface area (Å²) >= 11 is 0. The molecule has 0 aliphatic heterocycles. The first-order valence-corrected chi connectivity index (χ1v) is 5.88. The summed E-state index contributed by atoms with van der Waals surface area (Å²) in [4.78, 5) is 16.1. The molecule has 4 heteroatoms. The predicted molar refractivity (Wildman–Crippen MR) is 69.7 cm³/mol. The Kier molecular flexibility index (Phi) is 3.90. The van der Waals surface area contributed by atoms with Gasteiger partial charge in [-0.2, -0.15) is 0 Å². The second kappa shape index (κ2) is 5.61. The van der Waals surface area contributed by atoms with Crippen molar-refractivity contribution in [2.45, 2.75) is 12.8 Å². The summed E-state index contributed by atoms with van der Waals surface area (Å²) in [6.07, 6.45) is 0. The number of rotatable bonds is 4. The summed E-state index contributed by atoms with van der Waals surface area (Å²) in [6.45, 7) is 1.50. The van der Waals surface area contributed by atoms with Gasteiger partial charge in [-0.1, -0.05) is 18.2 Å². The zero-order valence-corrected chi connectivity index (χ0v) is 10.8. The van der Waals surface area contributed by atoms with Gasteiger partial charge in [0, 0.05) is 6.07 Å². The molecule has 98 valence electrons. The largest absolute Gasteiger partial charge is 0.481 e. The Labute approximate surface area is 111 Å². The molecule has 0 saturated heterocycles. The fourth-order valence-electron chi connectivity index (χ4n) is 1.97. The molecule has 1 aromatic carbocycles. The maximum atomic E-state index is 13.0. The topological polar surface area (TPSA) is 39.2 Å². The number of carbonyl (C=O) groups is 1. The number of ether oxygens (including phenoxy) is 1. The fourth-order valence-corrected chi connectivity index (χ4v) is 1.97. The van der Waals surface area contributed by atoms with E-state index < -0.39 is 5.92 Å². The molecule has 0 radical (unpaired) electrons. The van der Waals surface area contributed by atoms with Gasteiger partial charge in [0.1, 0.15) is 11.6 Å². The van der Waals surface area contributed by atoms with Crippen molar-refractivity contribution < 1.29 is 13.9 Å². The molecule has 0 aliphatic carbocycles. The van der Waals surface area contributed by atoms with E-state index in [2.05, 4.69) is 4.98 Å². The van der Waals surface area contributed by atoms with Crippen LogP contribution >= 0.6 is 0 Å². The van der Waals surface area contributed by atoms with E-state index in [4.69, 9.17) is 4.74 Å². The van der Waals surface area contributed by atoms with Crippen molar-refractivity contribution in [3.63, 3.8) is 0 Å². The van der Waals surface area contributed by atoms with Gasteiger partial charge in [0.05, 0.1) is 18.7 Å². The molecule has 0 aliphatic rings. The third kappa shape index (κ3) is 2.96. The molecule has 3 nitrogen and oxygen atoms in total. The van der Waals surface area contributed by atoms with Gasteiger partial charge in [-0.3, -0.25) is 4.79 Å². The third-order valence-electron chi connectivity index (χ3n) is 2.86. The lowest BCUT2D eigenvalue weighted by Gasteiger charge is -2.14. The molecule has 1 heterocycles. The Hall–Kier alpha value is -2.23. The molecule has 1 aromatic heterocycles. The summed E-state index contributed by atoms with van der Waals surface area (Å²) in [5.74, 6) is -0.432. The molecular formula is C15H14FNO2. The molecule has 2 aromatic rings. The molecule has 1 atom stereocenters. The monoisotopic (exact) mass is 259 g/mol. The van der Waals surface area contributed by atoms with Crippen LogP contribution in [0.2, 0.25) is 0 Å². The van der Waals surface area contributed by atoms with Gasteiger partial charge in [0.15, 0.2) is 0 Å². The molecule has 0 saturated carbocycles.